The number of piperidine rings is 1. The number of hydrogen-bond acceptors (Lipinski definition) is 6. The van der Waals surface area contributed by atoms with Gasteiger partial charge >= 0.3 is 5.97 Å². The van der Waals surface area contributed by atoms with Gasteiger partial charge in [0.15, 0.2) is 5.69 Å². The number of likely N-dealkylation sites (tertiary alicyclic amines) is 1. The van der Waals surface area contributed by atoms with Crippen LogP contribution in [0.2, 0.25) is 0 Å². The number of aliphatic hydroxyl groups is 1. The maximum atomic E-state index is 12.1. The molecule has 1 saturated heterocycles. The number of nitrogens with zero attached hydrogens (tertiary/aromatic N) is 4. The minimum Gasteiger partial charge on any atom is -0.476 e. The molecule has 9 nitrogen and oxygen atoms in total. The normalized spacial score (nSPS) is 16.1. The van der Waals surface area contributed by atoms with E-state index in [0.717, 1.165) is 12.8 Å². The molecular formula is C12H18N4O5. The van der Waals surface area contributed by atoms with Crippen LogP contribution in [0.1, 0.15) is 23.3 Å². The lowest BCUT2D eigenvalue weighted by Gasteiger charge is -2.31. The Hall–Kier alpha value is -2.00. The molecule has 0 radical (unpaired) electrons. The first-order valence-corrected chi connectivity index (χ1v) is 6.74. The number of carbonyl (C=O) groups excluding carboxylic acids is 1. The number of rotatable bonds is 6. The Bertz CT molecular complexity index is 496. The van der Waals surface area contributed by atoms with Crippen molar-refractivity contribution in [2.24, 2.45) is 0 Å². The number of aliphatic hydroxyl groups excluding tert-OH is 1. The van der Waals surface area contributed by atoms with Gasteiger partial charge in [0, 0.05) is 13.1 Å². The predicted octanol–water partition coefficient (Wildman–Crippen LogP) is -1.02. The van der Waals surface area contributed by atoms with Crippen LogP contribution in [0.25, 0.3) is 0 Å². The summed E-state index contributed by atoms with van der Waals surface area (Å²) in [4.78, 5) is 24.5. The molecule has 0 aromatic carbocycles. The van der Waals surface area contributed by atoms with E-state index >= 15 is 0 Å². The third-order valence-electron chi connectivity index (χ3n) is 3.29. The molecule has 9 heteroatoms. The minimum absolute atomic E-state index is 0.00262. The molecule has 0 spiro atoms. The highest BCUT2D eigenvalue weighted by Crippen LogP contribution is 2.14. The highest BCUT2D eigenvalue weighted by atomic mass is 16.5. The summed E-state index contributed by atoms with van der Waals surface area (Å²) in [5.74, 6) is -1.30. The summed E-state index contributed by atoms with van der Waals surface area (Å²) in [5, 5.41) is 24.5. The number of amides is 1. The summed E-state index contributed by atoms with van der Waals surface area (Å²) < 4.78 is 6.65. The number of ether oxygens (including phenoxy) is 1. The van der Waals surface area contributed by atoms with Gasteiger partial charge < -0.3 is 19.8 Å². The van der Waals surface area contributed by atoms with E-state index in [0.29, 0.717) is 19.7 Å². The van der Waals surface area contributed by atoms with Crippen molar-refractivity contribution in [2.45, 2.75) is 25.5 Å². The van der Waals surface area contributed by atoms with Crippen LogP contribution in [0, 0.1) is 0 Å². The zero-order valence-electron chi connectivity index (χ0n) is 11.5. The van der Waals surface area contributed by atoms with Gasteiger partial charge in [0.1, 0.15) is 6.54 Å². The van der Waals surface area contributed by atoms with E-state index in [2.05, 4.69) is 10.3 Å². The van der Waals surface area contributed by atoms with E-state index in [-0.39, 0.29) is 30.9 Å². The minimum atomic E-state index is -1.17. The third-order valence-corrected chi connectivity index (χ3v) is 3.29. The molecule has 1 fully saturated rings. The summed E-state index contributed by atoms with van der Waals surface area (Å²) >= 11 is 0. The van der Waals surface area contributed by atoms with Gasteiger partial charge in [-0.25, -0.2) is 9.48 Å². The molecule has 1 aliphatic rings. The van der Waals surface area contributed by atoms with E-state index in [1.54, 1.807) is 4.90 Å². The summed E-state index contributed by atoms with van der Waals surface area (Å²) in [5.41, 5.74) is -0.182. The summed E-state index contributed by atoms with van der Waals surface area (Å²) in [6.07, 6.45) is 2.76. The lowest BCUT2D eigenvalue weighted by Crippen LogP contribution is -2.42. The van der Waals surface area contributed by atoms with Gasteiger partial charge in [-0.1, -0.05) is 5.21 Å². The third kappa shape index (κ3) is 4.23. The van der Waals surface area contributed by atoms with Crippen LogP contribution in [0.5, 0.6) is 0 Å². The van der Waals surface area contributed by atoms with E-state index in [1.807, 2.05) is 0 Å². The van der Waals surface area contributed by atoms with Crippen molar-refractivity contribution in [3.63, 3.8) is 0 Å². The summed E-state index contributed by atoms with van der Waals surface area (Å²) in [6.45, 7) is 1.44. The number of aromatic carboxylic acids is 1. The van der Waals surface area contributed by atoms with E-state index in [9.17, 15) is 9.59 Å². The van der Waals surface area contributed by atoms with Gasteiger partial charge in [0.05, 0.1) is 25.5 Å². The molecule has 1 amide bonds. The second kappa shape index (κ2) is 7.14. The fourth-order valence-corrected chi connectivity index (χ4v) is 2.20. The summed E-state index contributed by atoms with van der Waals surface area (Å²) in [6, 6.07) is 0. The Kier molecular flexibility index (Phi) is 5.23. The fourth-order valence-electron chi connectivity index (χ4n) is 2.20. The van der Waals surface area contributed by atoms with Gasteiger partial charge in [-0.05, 0) is 12.8 Å². The van der Waals surface area contributed by atoms with E-state index in [4.69, 9.17) is 14.9 Å². The van der Waals surface area contributed by atoms with Crippen LogP contribution in [-0.2, 0) is 16.1 Å². The van der Waals surface area contributed by atoms with Crippen LogP contribution in [0.15, 0.2) is 6.20 Å². The first-order valence-electron chi connectivity index (χ1n) is 6.74. The van der Waals surface area contributed by atoms with Crippen molar-refractivity contribution >= 4 is 11.9 Å². The monoisotopic (exact) mass is 298 g/mol. The molecule has 1 aromatic heterocycles. The van der Waals surface area contributed by atoms with Gasteiger partial charge in [-0.3, -0.25) is 4.79 Å². The Morgan fingerprint density at radius 3 is 2.67 bits per heavy atom. The van der Waals surface area contributed by atoms with Crippen LogP contribution < -0.4 is 0 Å². The number of aromatic nitrogens is 3. The second-order valence-electron chi connectivity index (χ2n) is 4.78. The standard InChI is InChI=1S/C12H18N4O5/c17-5-6-21-9-1-3-15(4-2-9)11(18)8-16-7-10(12(19)20)13-14-16/h7,9,17H,1-6,8H2,(H,19,20). The molecule has 21 heavy (non-hydrogen) atoms. The first-order chi connectivity index (χ1) is 10.1. The molecule has 2 N–H and O–H groups in total. The number of carboxylic acids is 1. The maximum absolute atomic E-state index is 12.1. The molecule has 0 atom stereocenters. The van der Waals surface area contributed by atoms with Gasteiger partial charge in [-0.2, -0.15) is 0 Å². The van der Waals surface area contributed by atoms with Crippen molar-refractivity contribution in [2.75, 3.05) is 26.3 Å². The van der Waals surface area contributed by atoms with Crippen molar-refractivity contribution in [3.05, 3.63) is 11.9 Å². The van der Waals surface area contributed by atoms with Crippen LogP contribution in [0.4, 0.5) is 0 Å². The van der Waals surface area contributed by atoms with Crippen LogP contribution in [0.3, 0.4) is 0 Å². The fraction of sp³-hybridized carbons (Fsp3) is 0.667. The maximum Gasteiger partial charge on any atom is 0.358 e. The molecule has 0 unspecified atom stereocenters. The molecule has 2 rings (SSSR count). The smallest absolute Gasteiger partial charge is 0.358 e. The lowest BCUT2D eigenvalue weighted by molar-refractivity contribution is -0.134. The molecular weight excluding hydrogens is 280 g/mol. The molecule has 116 valence electrons. The number of carbonyl (C=O) groups is 2. The molecule has 1 aliphatic heterocycles. The topological polar surface area (TPSA) is 118 Å². The van der Waals surface area contributed by atoms with Gasteiger partial charge in [0.25, 0.3) is 0 Å². The predicted molar refractivity (Wildman–Crippen MR) is 69.6 cm³/mol. The van der Waals surface area contributed by atoms with Crippen molar-refractivity contribution in [1.29, 1.82) is 0 Å². The quantitative estimate of drug-likeness (QED) is 0.690. The van der Waals surface area contributed by atoms with Crippen molar-refractivity contribution in [1.82, 2.24) is 19.9 Å². The Morgan fingerprint density at radius 1 is 1.38 bits per heavy atom. The molecule has 0 bridgehead atoms. The van der Waals surface area contributed by atoms with E-state index in [1.165, 1.54) is 10.9 Å². The molecule has 0 aliphatic carbocycles. The number of hydrogen-bond donors (Lipinski definition) is 2. The zero-order valence-corrected chi connectivity index (χ0v) is 11.5. The van der Waals surface area contributed by atoms with Crippen molar-refractivity contribution in [3.8, 4) is 0 Å². The van der Waals surface area contributed by atoms with Crippen LogP contribution in [-0.4, -0.2) is 74.4 Å². The summed E-state index contributed by atoms with van der Waals surface area (Å²) in [7, 11) is 0. The highest BCUT2D eigenvalue weighted by molar-refractivity contribution is 5.84. The molecule has 1 aromatic rings. The second-order valence-corrected chi connectivity index (χ2v) is 4.78. The lowest BCUT2D eigenvalue weighted by atomic mass is 10.1. The Balaban J connectivity index is 1.80. The largest absolute Gasteiger partial charge is 0.476 e. The number of carboxylic acid groups (broad SMARTS) is 1. The van der Waals surface area contributed by atoms with Crippen molar-refractivity contribution < 1.29 is 24.5 Å². The Labute approximate surface area is 121 Å². The van der Waals surface area contributed by atoms with Gasteiger partial charge in [-0.15, -0.1) is 5.10 Å². The zero-order chi connectivity index (χ0) is 15.2. The average Bonchev–Trinajstić information content (AvgIpc) is 2.94. The molecule has 0 saturated carbocycles. The van der Waals surface area contributed by atoms with Crippen LogP contribution >= 0.6 is 0 Å². The highest BCUT2D eigenvalue weighted by Gasteiger charge is 2.23. The SMILES string of the molecule is O=C(O)c1cn(CC(=O)N2CCC(OCCO)CC2)nn1. The van der Waals surface area contributed by atoms with Gasteiger partial charge in [0.2, 0.25) is 5.91 Å². The first kappa shape index (κ1) is 15.4. The average molecular weight is 298 g/mol. The Morgan fingerprint density at radius 2 is 2.10 bits per heavy atom. The van der Waals surface area contributed by atoms with E-state index < -0.39 is 5.97 Å². The molecule has 2 heterocycles.